The second kappa shape index (κ2) is 8.52. The minimum Gasteiger partial charge on any atom is -0.451 e. The summed E-state index contributed by atoms with van der Waals surface area (Å²) >= 11 is 0. The number of esters is 1. The Morgan fingerprint density at radius 2 is 1.94 bits per heavy atom. The molecular formula is C23H24N6O5. The first-order chi connectivity index (χ1) is 16.4. The van der Waals surface area contributed by atoms with Crippen molar-refractivity contribution < 1.29 is 24.5 Å². The number of hydrogen-bond acceptors (Lipinski definition) is 10. The van der Waals surface area contributed by atoms with Crippen molar-refractivity contribution in [3.63, 3.8) is 0 Å². The summed E-state index contributed by atoms with van der Waals surface area (Å²) in [5, 5.41) is 22.1. The molecule has 1 aliphatic rings. The maximum Gasteiger partial charge on any atom is 0.339 e. The monoisotopic (exact) mass is 464 g/mol. The lowest BCUT2D eigenvalue weighted by molar-refractivity contribution is -0.0564. The van der Waals surface area contributed by atoms with E-state index in [0.29, 0.717) is 16.7 Å². The quantitative estimate of drug-likeness (QED) is 0.367. The van der Waals surface area contributed by atoms with E-state index in [9.17, 15) is 15.0 Å². The van der Waals surface area contributed by atoms with Crippen LogP contribution < -0.4 is 10.6 Å². The summed E-state index contributed by atoms with van der Waals surface area (Å²) in [5.74, 6) is -0.446. The van der Waals surface area contributed by atoms with E-state index in [1.54, 1.807) is 12.1 Å². The summed E-state index contributed by atoms with van der Waals surface area (Å²) in [6.07, 6.45) is -1.65. The topological polar surface area (TPSA) is 149 Å². The van der Waals surface area contributed by atoms with Crippen molar-refractivity contribution in [1.82, 2.24) is 19.5 Å². The van der Waals surface area contributed by atoms with E-state index >= 15 is 0 Å². The number of nitrogens with zero attached hydrogens (tertiary/aromatic N) is 5. The van der Waals surface area contributed by atoms with Gasteiger partial charge in [0, 0.05) is 25.2 Å². The van der Waals surface area contributed by atoms with E-state index in [1.807, 2.05) is 43.3 Å². The molecule has 0 radical (unpaired) electrons. The maximum absolute atomic E-state index is 13.3. The molecule has 4 N–H and O–H groups in total. The molecule has 1 aliphatic heterocycles. The molecule has 176 valence electrons. The number of imidazole rings is 1. The number of anilines is 2. The van der Waals surface area contributed by atoms with Crippen LogP contribution in [0, 0.1) is 0 Å². The molecule has 2 aromatic carbocycles. The highest BCUT2D eigenvalue weighted by Gasteiger charge is 2.47. The van der Waals surface area contributed by atoms with Gasteiger partial charge in [0.15, 0.2) is 23.8 Å². The zero-order valence-electron chi connectivity index (χ0n) is 18.6. The van der Waals surface area contributed by atoms with Crippen LogP contribution in [0.15, 0.2) is 49.1 Å². The molecule has 34 heavy (non-hydrogen) atoms. The summed E-state index contributed by atoms with van der Waals surface area (Å²) in [6, 6.07) is 11.1. The lowest BCUT2D eigenvalue weighted by Crippen LogP contribution is -2.37. The fraction of sp³-hybridized carbons (Fsp3) is 0.304. The molecule has 0 spiro atoms. The van der Waals surface area contributed by atoms with Crippen molar-refractivity contribution in [2.24, 2.45) is 0 Å². The molecule has 11 heteroatoms. The first-order valence-corrected chi connectivity index (χ1v) is 10.7. The highest BCUT2D eigenvalue weighted by molar-refractivity contribution is 6.08. The summed E-state index contributed by atoms with van der Waals surface area (Å²) in [5.41, 5.74) is 7.89. The van der Waals surface area contributed by atoms with E-state index in [0.717, 1.165) is 16.5 Å². The Labute approximate surface area is 194 Å². The van der Waals surface area contributed by atoms with Gasteiger partial charge in [0.2, 0.25) is 0 Å². The number of carbonyl (C=O) groups excluding carboxylic acids is 1. The molecule has 0 saturated carbocycles. The zero-order valence-corrected chi connectivity index (χ0v) is 18.6. The first-order valence-electron chi connectivity index (χ1n) is 10.7. The second-order valence-electron chi connectivity index (χ2n) is 8.26. The van der Waals surface area contributed by atoms with Crippen molar-refractivity contribution in [2.75, 3.05) is 31.3 Å². The number of aromatic nitrogens is 4. The molecule has 0 amide bonds. The fourth-order valence-electron chi connectivity index (χ4n) is 4.32. The number of nitrogens with two attached hydrogens (primary N) is 1. The SMILES string of the molecule is CN(C)c1cccc2c(C(=O)O[C@@H]3[C@H](O)[C@@H](CO)O[C@H]3n3cnc4c(N)ncnc43)cccc12. The van der Waals surface area contributed by atoms with Gasteiger partial charge >= 0.3 is 5.97 Å². The lowest BCUT2D eigenvalue weighted by atomic mass is 10.0. The Balaban J connectivity index is 1.52. The Bertz CT molecular complexity index is 1370. The van der Waals surface area contributed by atoms with E-state index in [2.05, 4.69) is 15.0 Å². The van der Waals surface area contributed by atoms with Crippen molar-refractivity contribution in [3.05, 3.63) is 54.6 Å². The lowest BCUT2D eigenvalue weighted by Gasteiger charge is -2.22. The maximum atomic E-state index is 13.3. The third-order valence-corrected chi connectivity index (χ3v) is 6.00. The number of nitrogen functional groups attached to an aromatic ring is 1. The van der Waals surface area contributed by atoms with Crippen LogP contribution in [0.2, 0.25) is 0 Å². The molecule has 0 aliphatic carbocycles. The average Bonchev–Trinajstić information content (AvgIpc) is 3.40. The normalized spacial score (nSPS) is 22.4. The minimum atomic E-state index is -1.28. The van der Waals surface area contributed by atoms with Crippen LogP contribution in [-0.4, -0.2) is 74.7 Å². The second-order valence-corrected chi connectivity index (χ2v) is 8.26. The molecule has 4 aromatic rings. The number of carbonyl (C=O) groups is 1. The predicted octanol–water partition coefficient (Wildman–Crippen LogP) is 1.10. The zero-order chi connectivity index (χ0) is 24.0. The molecule has 0 bridgehead atoms. The third kappa shape index (κ3) is 3.50. The van der Waals surface area contributed by atoms with Gasteiger partial charge in [-0.25, -0.2) is 19.7 Å². The highest BCUT2D eigenvalue weighted by atomic mass is 16.6. The number of rotatable bonds is 5. The molecule has 1 saturated heterocycles. The van der Waals surface area contributed by atoms with Crippen LogP contribution in [0.25, 0.3) is 21.9 Å². The Morgan fingerprint density at radius 3 is 2.71 bits per heavy atom. The van der Waals surface area contributed by atoms with Crippen LogP contribution in [-0.2, 0) is 9.47 Å². The van der Waals surface area contributed by atoms with Crippen LogP contribution >= 0.6 is 0 Å². The number of hydrogen-bond donors (Lipinski definition) is 3. The standard InChI is InChI=1S/C23H24N6O5/c1-28(2)15-8-4-5-12-13(15)6-3-7-14(12)23(32)34-19-18(31)16(9-30)33-22(19)29-11-27-17-20(24)25-10-26-21(17)29/h3-8,10-11,16,18-19,22,30-31H,9H2,1-2H3,(H2,24,25,26)/t16-,18-,19-,22-/m1/s1. The molecule has 11 nitrogen and oxygen atoms in total. The summed E-state index contributed by atoms with van der Waals surface area (Å²) in [4.78, 5) is 27.6. The number of benzene rings is 2. The molecule has 5 rings (SSSR count). The van der Waals surface area contributed by atoms with Gasteiger partial charge in [-0.2, -0.15) is 0 Å². The van der Waals surface area contributed by atoms with Gasteiger partial charge < -0.3 is 30.3 Å². The highest BCUT2D eigenvalue weighted by Crippen LogP contribution is 2.35. The van der Waals surface area contributed by atoms with Crippen LogP contribution in [0.4, 0.5) is 11.5 Å². The smallest absolute Gasteiger partial charge is 0.339 e. The van der Waals surface area contributed by atoms with Gasteiger partial charge in [-0.05, 0) is 17.5 Å². The fourth-order valence-corrected chi connectivity index (χ4v) is 4.32. The molecule has 1 fully saturated rings. The number of ether oxygens (including phenoxy) is 2. The minimum absolute atomic E-state index is 0.182. The summed E-state index contributed by atoms with van der Waals surface area (Å²) in [7, 11) is 3.86. The molecule has 2 aromatic heterocycles. The van der Waals surface area contributed by atoms with Gasteiger partial charge in [0.25, 0.3) is 0 Å². The van der Waals surface area contributed by atoms with E-state index in [1.165, 1.54) is 17.2 Å². The molecular weight excluding hydrogens is 440 g/mol. The van der Waals surface area contributed by atoms with Crippen molar-refractivity contribution in [1.29, 1.82) is 0 Å². The first kappa shape index (κ1) is 22.0. The van der Waals surface area contributed by atoms with Crippen LogP contribution in [0.5, 0.6) is 0 Å². The van der Waals surface area contributed by atoms with Crippen molar-refractivity contribution in [2.45, 2.75) is 24.5 Å². The van der Waals surface area contributed by atoms with Crippen molar-refractivity contribution in [3.8, 4) is 0 Å². The van der Waals surface area contributed by atoms with E-state index in [-0.39, 0.29) is 5.82 Å². The summed E-state index contributed by atoms with van der Waals surface area (Å²) < 4.78 is 13.2. The van der Waals surface area contributed by atoms with Gasteiger partial charge in [0.05, 0.1) is 18.5 Å². The van der Waals surface area contributed by atoms with Crippen LogP contribution in [0.3, 0.4) is 0 Å². The van der Waals surface area contributed by atoms with Gasteiger partial charge in [-0.1, -0.05) is 24.3 Å². The van der Waals surface area contributed by atoms with Gasteiger partial charge in [-0.3, -0.25) is 4.57 Å². The average molecular weight is 464 g/mol. The summed E-state index contributed by atoms with van der Waals surface area (Å²) in [6.45, 7) is -0.462. The largest absolute Gasteiger partial charge is 0.451 e. The number of aliphatic hydroxyl groups is 2. The van der Waals surface area contributed by atoms with Crippen LogP contribution in [0.1, 0.15) is 16.6 Å². The van der Waals surface area contributed by atoms with E-state index < -0.39 is 37.1 Å². The molecule has 4 atom stereocenters. The third-order valence-electron chi connectivity index (χ3n) is 6.00. The predicted molar refractivity (Wildman–Crippen MR) is 124 cm³/mol. The van der Waals surface area contributed by atoms with E-state index in [4.69, 9.17) is 15.2 Å². The Kier molecular flexibility index (Phi) is 5.52. The van der Waals surface area contributed by atoms with Gasteiger partial charge in [0.1, 0.15) is 24.1 Å². The molecule has 0 unspecified atom stereocenters. The van der Waals surface area contributed by atoms with Crippen molar-refractivity contribution >= 4 is 39.4 Å². The number of fused-ring (bicyclic) bond motifs is 2. The number of aliphatic hydroxyl groups excluding tert-OH is 2. The molecule has 3 heterocycles. The Hall–Kier alpha value is -3.80. The van der Waals surface area contributed by atoms with Gasteiger partial charge in [-0.15, -0.1) is 0 Å². The Morgan fingerprint density at radius 1 is 1.18 bits per heavy atom.